The average molecular weight is 282 g/mol. The largest absolute Gasteiger partial charge is 0.502 e. The van der Waals surface area contributed by atoms with Crippen LogP contribution in [0, 0.1) is 16.7 Å². The fourth-order valence-electron chi connectivity index (χ4n) is 3.59. The predicted molar refractivity (Wildman–Crippen MR) is 71.6 cm³/mol. The zero-order chi connectivity index (χ0) is 15.0. The molecule has 2 saturated carbocycles. The topological polar surface area (TPSA) is 61.8 Å². The number of allylic oxidation sites excluding steroid dienone is 2. The summed E-state index contributed by atoms with van der Waals surface area (Å²) < 4.78 is 15.0. The number of carbonyl (C=O) groups is 2. The van der Waals surface area contributed by atoms with E-state index in [0.29, 0.717) is 18.8 Å². The molecule has 0 aliphatic heterocycles. The van der Waals surface area contributed by atoms with Crippen molar-refractivity contribution >= 4 is 11.9 Å². The van der Waals surface area contributed by atoms with Crippen LogP contribution in [0.4, 0.5) is 0 Å². The van der Waals surface area contributed by atoms with Gasteiger partial charge in [-0.2, -0.15) is 0 Å². The van der Waals surface area contributed by atoms with E-state index in [9.17, 15) is 9.59 Å². The standard InChI is InChI=1S/C15H22O5/c1-10(18-2)7-14-8-11(14)5-6-15(9-14,12(16)19-3)13(17)20-4/h7,11H,5-6,8-9H2,1-4H3/b10-7+/t11-,14-/m0/s1. The minimum absolute atomic E-state index is 0.124. The van der Waals surface area contributed by atoms with Gasteiger partial charge in [-0.15, -0.1) is 0 Å². The Balaban J connectivity index is 2.32. The van der Waals surface area contributed by atoms with Crippen molar-refractivity contribution < 1.29 is 23.8 Å². The Morgan fingerprint density at radius 2 is 1.70 bits per heavy atom. The molecule has 5 nitrogen and oxygen atoms in total. The van der Waals surface area contributed by atoms with Crippen LogP contribution >= 0.6 is 0 Å². The molecule has 0 radical (unpaired) electrons. The molecule has 0 heterocycles. The summed E-state index contributed by atoms with van der Waals surface area (Å²) in [6.45, 7) is 1.89. The van der Waals surface area contributed by atoms with Crippen molar-refractivity contribution in [2.24, 2.45) is 16.7 Å². The molecular weight excluding hydrogens is 260 g/mol. The Morgan fingerprint density at radius 3 is 2.20 bits per heavy atom. The van der Waals surface area contributed by atoms with Crippen molar-refractivity contribution in [2.75, 3.05) is 21.3 Å². The monoisotopic (exact) mass is 282 g/mol. The summed E-state index contributed by atoms with van der Waals surface area (Å²) in [6.07, 6.45) is 4.82. The molecule has 0 saturated heterocycles. The van der Waals surface area contributed by atoms with E-state index < -0.39 is 17.4 Å². The smallest absolute Gasteiger partial charge is 0.323 e. The fraction of sp³-hybridized carbons (Fsp3) is 0.733. The molecule has 0 aromatic rings. The second-order valence-corrected chi connectivity index (χ2v) is 5.87. The first-order valence-electron chi connectivity index (χ1n) is 6.84. The lowest BCUT2D eigenvalue weighted by atomic mass is 9.69. The summed E-state index contributed by atoms with van der Waals surface area (Å²) in [5, 5.41) is 0. The lowest BCUT2D eigenvalue weighted by Crippen LogP contribution is -2.45. The van der Waals surface area contributed by atoms with Crippen molar-refractivity contribution in [1.29, 1.82) is 0 Å². The zero-order valence-electron chi connectivity index (χ0n) is 12.5. The maximum Gasteiger partial charge on any atom is 0.323 e. The van der Waals surface area contributed by atoms with Crippen LogP contribution in [0.5, 0.6) is 0 Å². The molecule has 2 aliphatic carbocycles. The molecule has 2 atom stereocenters. The molecule has 5 heteroatoms. The molecule has 0 unspecified atom stereocenters. The van der Waals surface area contributed by atoms with Gasteiger partial charge in [-0.05, 0) is 50.0 Å². The Bertz CT molecular complexity index is 437. The highest BCUT2D eigenvalue weighted by molar-refractivity contribution is 6.00. The normalized spacial score (nSPS) is 31.0. The maximum absolute atomic E-state index is 12.2. The SMILES string of the molecule is COC(=O)C1(C(=O)OC)CC[C@H]2C[C@@]2(/C=C(\C)OC)C1. The molecule has 0 amide bonds. The molecule has 0 spiro atoms. The van der Waals surface area contributed by atoms with Crippen LogP contribution in [0.2, 0.25) is 0 Å². The maximum atomic E-state index is 12.2. The Hall–Kier alpha value is -1.52. The van der Waals surface area contributed by atoms with Crippen molar-refractivity contribution in [2.45, 2.75) is 32.6 Å². The van der Waals surface area contributed by atoms with Gasteiger partial charge in [0.1, 0.15) is 0 Å². The molecular formula is C15H22O5. The van der Waals surface area contributed by atoms with E-state index in [1.807, 2.05) is 6.92 Å². The number of ether oxygens (including phenoxy) is 3. The van der Waals surface area contributed by atoms with Crippen LogP contribution in [0.3, 0.4) is 0 Å². The van der Waals surface area contributed by atoms with Crippen molar-refractivity contribution in [3.63, 3.8) is 0 Å². The van der Waals surface area contributed by atoms with Crippen LogP contribution in [0.15, 0.2) is 11.8 Å². The lowest BCUT2D eigenvalue weighted by molar-refractivity contribution is -0.172. The van der Waals surface area contributed by atoms with Crippen molar-refractivity contribution in [1.82, 2.24) is 0 Å². The quantitative estimate of drug-likeness (QED) is 0.449. The van der Waals surface area contributed by atoms with Crippen molar-refractivity contribution in [3.05, 3.63) is 11.8 Å². The minimum Gasteiger partial charge on any atom is -0.502 e. The molecule has 112 valence electrons. The van der Waals surface area contributed by atoms with Gasteiger partial charge in [0.05, 0.1) is 27.1 Å². The van der Waals surface area contributed by atoms with E-state index in [4.69, 9.17) is 14.2 Å². The summed E-state index contributed by atoms with van der Waals surface area (Å²) in [6, 6.07) is 0. The van der Waals surface area contributed by atoms with Crippen LogP contribution in [0.25, 0.3) is 0 Å². The van der Waals surface area contributed by atoms with Crippen LogP contribution < -0.4 is 0 Å². The summed E-state index contributed by atoms with van der Waals surface area (Å²) in [5.74, 6) is 0.364. The number of carbonyl (C=O) groups excluding carboxylic acids is 2. The highest BCUT2D eigenvalue weighted by Crippen LogP contribution is 2.67. The van der Waals surface area contributed by atoms with E-state index in [2.05, 4.69) is 6.08 Å². The third-order valence-corrected chi connectivity index (χ3v) is 4.79. The second-order valence-electron chi connectivity index (χ2n) is 5.87. The fourth-order valence-corrected chi connectivity index (χ4v) is 3.59. The minimum atomic E-state index is -1.17. The van der Waals surface area contributed by atoms with Gasteiger partial charge in [-0.25, -0.2) is 0 Å². The van der Waals surface area contributed by atoms with Crippen LogP contribution in [-0.4, -0.2) is 33.3 Å². The van der Waals surface area contributed by atoms with Gasteiger partial charge < -0.3 is 14.2 Å². The van der Waals surface area contributed by atoms with E-state index >= 15 is 0 Å². The zero-order valence-corrected chi connectivity index (χ0v) is 12.5. The first-order chi connectivity index (χ1) is 9.44. The highest BCUT2D eigenvalue weighted by Gasteiger charge is 2.65. The van der Waals surface area contributed by atoms with Gasteiger partial charge in [0.25, 0.3) is 0 Å². The number of fused-ring (bicyclic) bond motifs is 1. The third kappa shape index (κ3) is 2.19. The Kier molecular flexibility index (Phi) is 3.80. The molecule has 0 aromatic heterocycles. The first-order valence-corrected chi connectivity index (χ1v) is 6.84. The Morgan fingerprint density at radius 1 is 1.10 bits per heavy atom. The van der Waals surface area contributed by atoms with Crippen molar-refractivity contribution in [3.8, 4) is 0 Å². The number of methoxy groups -OCH3 is 3. The summed E-state index contributed by atoms with van der Waals surface area (Å²) in [7, 11) is 4.25. The van der Waals surface area contributed by atoms with Gasteiger partial charge in [0.2, 0.25) is 0 Å². The van der Waals surface area contributed by atoms with Crippen LogP contribution in [-0.2, 0) is 23.8 Å². The first kappa shape index (κ1) is 14.9. The van der Waals surface area contributed by atoms with E-state index in [-0.39, 0.29) is 5.41 Å². The third-order valence-electron chi connectivity index (χ3n) is 4.79. The predicted octanol–water partition coefficient (Wildman–Crippen LogP) is 2.06. The summed E-state index contributed by atoms with van der Waals surface area (Å²) in [5.41, 5.74) is -1.29. The van der Waals surface area contributed by atoms with Gasteiger partial charge in [0.15, 0.2) is 5.41 Å². The number of esters is 2. The highest BCUT2D eigenvalue weighted by atomic mass is 16.5. The van der Waals surface area contributed by atoms with Gasteiger partial charge in [0, 0.05) is 0 Å². The van der Waals surface area contributed by atoms with Crippen LogP contribution in [0.1, 0.15) is 32.6 Å². The number of hydrogen-bond donors (Lipinski definition) is 0. The van der Waals surface area contributed by atoms with E-state index in [1.165, 1.54) is 14.2 Å². The molecule has 2 rings (SSSR count). The van der Waals surface area contributed by atoms with Gasteiger partial charge in [-0.3, -0.25) is 9.59 Å². The molecule has 20 heavy (non-hydrogen) atoms. The number of rotatable bonds is 4. The number of hydrogen-bond acceptors (Lipinski definition) is 5. The lowest BCUT2D eigenvalue weighted by Gasteiger charge is -2.35. The van der Waals surface area contributed by atoms with Gasteiger partial charge >= 0.3 is 11.9 Å². The molecule has 0 N–H and O–H groups in total. The molecule has 0 bridgehead atoms. The second kappa shape index (κ2) is 5.11. The average Bonchev–Trinajstić information content (AvgIpc) is 3.17. The molecule has 0 aromatic carbocycles. The molecule has 2 fully saturated rings. The van der Waals surface area contributed by atoms with Gasteiger partial charge in [-0.1, -0.05) is 0 Å². The molecule has 2 aliphatic rings. The summed E-state index contributed by atoms with van der Waals surface area (Å²) in [4.78, 5) is 24.4. The van der Waals surface area contributed by atoms with E-state index in [1.54, 1.807) is 7.11 Å². The Labute approximate surface area is 119 Å². The summed E-state index contributed by atoms with van der Waals surface area (Å²) >= 11 is 0. The van der Waals surface area contributed by atoms with E-state index in [0.717, 1.165) is 18.6 Å².